The zero-order valence-corrected chi connectivity index (χ0v) is 5.50. The number of amides is 1. The molecule has 0 aromatic rings. The topological polar surface area (TPSA) is 69.1 Å². The molecule has 0 aliphatic rings. The molecule has 4 N–H and O–H groups in total. The molecule has 0 aromatic heterocycles. The first kappa shape index (κ1) is 8.17. The molecule has 0 rings (SSSR count). The van der Waals surface area contributed by atoms with Crippen molar-refractivity contribution in [2.75, 3.05) is 0 Å². The molecule has 0 saturated carbocycles. The number of hydrogen-bond acceptors (Lipinski definition) is 2. The van der Waals surface area contributed by atoms with Crippen LogP contribution in [0.2, 0.25) is 0 Å². The van der Waals surface area contributed by atoms with E-state index in [-0.39, 0.29) is 5.92 Å². The second-order valence-corrected chi connectivity index (χ2v) is 2.02. The van der Waals surface area contributed by atoms with Crippen LogP contribution in [-0.4, -0.2) is 11.9 Å². The van der Waals surface area contributed by atoms with Gasteiger partial charge < -0.3 is 11.5 Å². The van der Waals surface area contributed by atoms with Crippen LogP contribution in [0, 0.1) is 5.92 Å². The first-order valence-electron chi connectivity index (χ1n) is 2.77. The molecule has 0 fully saturated rings. The van der Waals surface area contributed by atoms with Crippen LogP contribution in [0.1, 0.15) is 6.92 Å². The number of hydrogen-bond donors (Lipinski definition) is 2. The molecule has 52 valence electrons. The van der Waals surface area contributed by atoms with E-state index in [1.54, 1.807) is 13.0 Å². The number of carbonyl (C=O) groups is 1. The van der Waals surface area contributed by atoms with Gasteiger partial charge in [-0.25, -0.2) is 0 Å². The van der Waals surface area contributed by atoms with Gasteiger partial charge in [0.05, 0.1) is 6.04 Å². The minimum atomic E-state index is -0.595. The van der Waals surface area contributed by atoms with Crippen molar-refractivity contribution in [2.24, 2.45) is 17.4 Å². The highest BCUT2D eigenvalue weighted by molar-refractivity contribution is 5.80. The molecule has 2 atom stereocenters. The van der Waals surface area contributed by atoms with E-state index >= 15 is 0 Å². The Balaban J connectivity index is 3.86. The summed E-state index contributed by atoms with van der Waals surface area (Å²) in [5, 5.41) is 0. The highest BCUT2D eigenvalue weighted by atomic mass is 16.1. The molecule has 3 nitrogen and oxygen atoms in total. The van der Waals surface area contributed by atoms with Gasteiger partial charge in [-0.05, 0) is 5.92 Å². The van der Waals surface area contributed by atoms with Gasteiger partial charge in [-0.15, -0.1) is 6.58 Å². The van der Waals surface area contributed by atoms with Crippen molar-refractivity contribution in [1.82, 2.24) is 0 Å². The summed E-state index contributed by atoms with van der Waals surface area (Å²) in [5.41, 5.74) is 10.2. The SMILES string of the molecule is C=C[C@@H](C)[C@H](N)C(N)=O. The van der Waals surface area contributed by atoms with Crippen LogP contribution >= 0.6 is 0 Å². The fourth-order valence-corrected chi connectivity index (χ4v) is 0.406. The van der Waals surface area contributed by atoms with Crippen LogP contribution < -0.4 is 11.5 Å². The summed E-state index contributed by atoms with van der Waals surface area (Å²) in [7, 11) is 0. The van der Waals surface area contributed by atoms with Gasteiger partial charge >= 0.3 is 0 Å². The van der Waals surface area contributed by atoms with Crippen molar-refractivity contribution in [1.29, 1.82) is 0 Å². The molecule has 0 heterocycles. The van der Waals surface area contributed by atoms with Gasteiger partial charge in [0.25, 0.3) is 0 Å². The van der Waals surface area contributed by atoms with E-state index in [2.05, 4.69) is 6.58 Å². The lowest BCUT2D eigenvalue weighted by atomic mass is 10.0. The summed E-state index contributed by atoms with van der Waals surface area (Å²) in [5.74, 6) is -0.523. The highest BCUT2D eigenvalue weighted by Crippen LogP contribution is 1.98. The summed E-state index contributed by atoms with van der Waals surface area (Å²) in [6, 6.07) is -0.595. The van der Waals surface area contributed by atoms with E-state index in [4.69, 9.17) is 11.5 Å². The molecule has 9 heavy (non-hydrogen) atoms. The van der Waals surface area contributed by atoms with Crippen molar-refractivity contribution < 1.29 is 4.79 Å². The average molecular weight is 128 g/mol. The summed E-state index contributed by atoms with van der Waals surface area (Å²) >= 11 is 0. The third-order valence-corrected chi connectivity index (χ3v) is 1.27. The molecule has 0 aliphatic carbocycles. The Morgan fingerprint density at radius 2 is 2.22 bits per heavy atom. The van der Waals surface area contributed by atoms with Crippen molar-refractivity contribution >= 4 is 5.91 Å². The van der Waals surface area contributed by atoms with E-state index in [1.165, 1.54) is 0 Å². The maximum absolute atomic E-state index is 10.3. The molecule has 0 saturated heterocycles. The molecule has 0 spiro atoms. The van der Waals surface area contributed by atoms with Crippen LogP contribution in [0.4, 0.5) is 0 Å². The predicted molar refractivity (Wildman–Crippen MR) is 36.5 cm³/mol. The average Bonchev–Trinajstić information content (AvgIpc) is 1.84. The lowest BCUT2D eigenvalue weighted by Crippen LogP contribution is -2.40. The Morgan fingerprint density at radius 3 is 2.33 bits per heavy atom. The Morgan fingerprint density at radius 1 is 1.78 bits per heavy atom. The van der Waals surface area contributed by atoms with Crippen molar-refractivity contribution in [3.8, 4) is 0 Å². The van der Waals surface area contributed by atoms with E-state index in [1.807, 2.05) is 0 Å². The smallest absolute Gasteiger partial charge is 0.234 e. The fourth-order valence-electron chi connectivity index (χ4n) is 0.406. The number of primary amides is 1. The standard InChI is InChI=1S/C6H12N2O/c1-3-4(2)5(7)6(8)9/h3-5H,1,7H2,2H3,(H2,8,9)/t4-,5+/m1/s1. The maximum Gasteiger partial charge on any atom is 0.234 e. The van der Waals surface area contributed by atoms with Crippen LogP contribution in [0.3, 0.4) is 0 Å². The molecule has 0 radical (unpaired) electrons. The van der Waals surface area contributed by atoms with Gasteiger partial charge in [0.2, 0.25) is 5.91 Å². The zero-order valence-electron chi connectivity index (χ0n) is 5.50. The molecule has 1 amide bonds. The van der Waals surface area contributed by atoms with Gasteiger partial charge in [-0.3, -0.25) is 4.79 Å². The molecule has 3 heteroatoms. The Labute approximate surface area is 54.7 Å². The Bertz CT molecular complexity index is 122. The quantitative estimate of drug-likeness (QED) is 0.509. The first-order valence-corrected chi connectivity index (χ1v) is 2.77. The number of nitrogens with two attached hydrogens (primary N) is 2. The van der Waals surface area contributed by atoms with Crippen LogP contribution in [0.5, 0.6) is 0 Å². The minimum absolute atomic E-state index is 0.0394. The number of rotatable bonds is 3. The van der Waals surface area contributed by atoms with Crippen molar-refractivity contribution in [3.05, 3.63) is 12.7 Å². The molecular weight excluding hydrogens is 116 g/mol. The summed E-state index contributed by atoms with van der Waals surface area (Å²) in [6.07, 6.45) is 1.61. The van der Waals surface area contributed by atoms with Crippen LogP contribution in [0.15, 0.2) is 12.7 Å². The highest BCUT2D eigenvalue weighted by Gasteiger charge is 2.13. The fraction of sp³-hybridized carbons (Fsp3) is 0.500. The van der Waals surface area contributed by atoms with Crippen molar-refractivity contribution in [2.45, 2.75) is 13.0 Å². The molecule has 0 aliphatic heterocycles. The second kappa shape index (κ2) is 3.25. The maximum atomic E-state index is 10.3. The van der Waals surface area contributed by atoms with E-state index in [0.717, 1.165) is 0 Å². The largest absolute Gasteiger partial charge is 0.368 e. The first-order chi connectivity index (χ1) is 4.09. The second-order valence-electron chi connectivity index (χ2n) is 2.02. The Hall–Kier alpha value is -0.830. The zero-order chi connectivity index (χ0) is 7.44. The normalized spacial score (nSPS) is 16.2. The van der Waals surface area contributed by atoms with E-state index in [9.17, 15) is 4.79 Å². The molecule has 0 aromatic carbocycles. The van der Waals surface area contributed by atoms with Gasteiger partial charge in [-0.1, -0.05) is 13.0 Å². The third-order valence-electron chi connectivity index (χ3n) is 1.27. The summed E-state index contributed by atoms with van der Waals surface area (Å²) in [6.45, 7) is 5.27. The van der Waals surface area contributed by atoms with E-state index in [0.29, 0.717) is 0 Å². The third kappa shape index (κ3) is 2.28. The van der Waals surface area contributed by atoms with Gasteiger partial charge in [0.1, 0.15) is 0 Å². The van der Waals surface area contributed by atoms with Gasteiger partial charge in [0, 0.05) is 0 Å². The lowest BCUT2D eigenvalue weighted by Gasteiger charge is -2.10. The van der Waals surface area contributed by atoms with Crippen LogP contribution in [-0.2, 0) is 4.79 Å². The summed E-state index contributed by atoms with van der Waals surface area (Å²) < 4.78 is 0. The van der Waals surface area contributed by atoms with E-state index < -0.39 is 11.9 Å². The molecule has 0 unspecified atom stereocenters. The van der Waals surface area contributed by atoms with Gasteiger partial charge in [0.15, 0.2) is 0 Å². The Kier molecular flexibility index (Phi) is 2.95. The molecule has 0 bridgehead atoms. The molecular formula is C6H12N2O. The van der Waals surface area contributed by atoms with Crippen LogP contribution in [0.25, 0.3) is 0 Å². The monoisotopic (exact) mass is 128 g/mol. The summed E-state index contributed by atoms with van der Waals surface area (Å²) in [4.78, 5) is 10.3. The minimum Gasteiger partial charge on any atom is -0.368 e. The number of carbonyl (C=O) groups excluding carboxylic acids is 1. The lowest BCUT2D eigenvalue weighted by molar-refractivity contribution is -0.119. The van der Waals surface area contributed by atoms with Crippen molar-refractivity contribution in [3.63, 3.8) is 0 Å². The predicted octanol–water partition coefficient (Wildman–Crippen LogP) is -0.379. The van der Waals surface area contributed by atoms with Gasteiger partial charge in [-0.2, -0.15) is 0 Å².